The SMILES string of the molecule is COCCOC1CCN(C(=O)C2(c3ccccc3)CC2)CC1. The predicted molar refractivity (Wildman–Crippen MR) is 84.8 cm³/mol. The highest BCUT2D eigenvalue weighted by Gasteiger charge is 2.53. The van der Waals surface area contributed by atoms with Gasteiger partial charge in [0.15, 0.2) is 0 Å². The third kappa shape index (κ3) is 3.18. The standard InChI is InChI=1S/C18H25NO3/c1-21-13-14-22-16-7-11-19(12-8-16)17(20)18(9-10-18)15-5-3-2-4-6-15/h2-6,16H,7-14H2,1H3. The summed E-state index contributed by atoms with van der Waals surface area (Å²) in [4.78, 5) is 15.0. The molecule has 1 aliphatic heterocycles. The maximum atomic E-state index is 12.9. The van der Waals surface area contributed by atoms with E-state index in [0.717, 1.165) is 38.8 Å². The summed E-state index contributed by atoms with van der Waals surface area (Å²) in [5.74, 6) is 0.314. The van der Waals surface area contributed by atoms with Gasteiger partial charge in [0, 0.05) is 20.2 Å². The first-order valence-electron chi connectivity index (χ1n) is 8.22. The molecule has 1 heterocycles. The maximum Gasteiger partial charge on any atom is 0.233 e. The van der Waals surface area contributed by atoms with E-state index < -0.39 is 0 Å². The molecule has 0 spiro atoms. The second-order valence-corrected chi connectivity index (χ2v) is 6.30. The Morgan fingerprint density at radius 2 is 1.86 bits per heavy atom. The fourth-order valence-corrected chi connectivity index (χ4v) is 3.33. The number of nitrogens with zero attached hydrogens (tertiary/aromatic N) is 1. The minimum absolute atomic E-state index is 0.231. The summed E-state index contributed by atoms with van der Waals surface area (Å²) in [5, 5.41) is 0. The minimum Gasteiger partial charge on any atom is -0.382 e. The predicted octanol–water partition coefficient (Wildman–Crippen LogP) is 2.37. The van der Waals surface area contributed by atoms with Crippen molar-refractivity contribution in [3.8, 4) is 0 Å². The van der Waals surface area contributed by atoms with Crippen molar-refractivity contribution in [2.24, 2.45) is 0 Å². The summed E-state index contributed by atoms with van der Waals surface area (Å²) in [6.45, 7) is 2.90. The van der Waals surface area contributed by atoms with Gasteiger partial charge in [-0.2, -0.15) is 0 Å². The number of ether oxygens (including phenoxy) is 2. The molecule has 0 bridgehead atoms. The van der Waals surface area contributed by atoms with E-state index in [2.05, 4.69) is 12.1 Å². The minimum atomic E-state index is -0.231. The van der Waals surface area contributed by atoms with Crippen LogP contribution in [-0.2, 0) is 19.7 Å². The lowest BCUT2D eigenvalue weighted by Crippen LogP contribution is -2.45. The summed E-state index contributed by atoms with van der Waals surface area (Å²) in [5.41, 5.74) is 0.948. The number of hydrogen-bond donors (Lipinski definition) is 0. The number of likely N-dealkylation sites (tertiary alicyclic amines) is 1. The number of benzene rings is 1. The molecule has 1 saturated carbocycles. The first kappa shape index (κ1) is 15.5. The molecule has 3 rings (SSSR count). The molecule has 0 radical (unpaired) electrons. The van der Waals surface area contributed by atoms with Crippen molar-refractivity contribution in [2.45, 2.75) is 37.2 Å². The molecular formula is C18H25NO3. The molecule has 1 aromatic rings. The van der Waals surface area contributed by atoms with Crippen LogP contribution in [0.5, 0.6) is 0 Å². The van der Waals surface area contributed by atoms with Gasteiger partial charge in [0.05, 0.1) is 24.7 Å². The van der Waals surface area contributed by atoms with E-state index in [4.69, 9.17) is 9.47 Å². The molecule has 0 atom stereocenters. The first-order chi connectivity index (χ1) is 10.8. The first-order valence-corrected chi connectivity index (χ1v) is 8.22. The molecule has 1 amide bonds. The molecule has 0 unspecified atom stereocenters. The molecule has 22 heavy (non-hydrogen) atoms. The Hall–Kier alpha value is -1.39. The van der Waals surface area contributed by atoms with Crippen LogP contribution in [0.1, 0.15) is 31.2 Å². The molecule has 1 aliphatic carbocycles. The number of methoxy groups -OCH3 is 1. The molecule has 120 valence electrons. The van der Waals surface area contributed by atoms with Gasteiger partial charge >= 0.3 is 0 Å². The van der Waals surface area contributed by atoms with Crippen molar-refractivity contribution >= 4 is 5.91 Å². The van der Waals surface area contributed by atoms with Crippen LogP contribution >= 0.6 is 0 Å². The molecule has 1 aromatic carbocycles. The quantitative estimate of drug-likeness (QED) is 0.757. The van der Waals surface area contributed by atoms with Gasteiger partial charge in [-0.05, 0) is 31.2 Å². The summed E-state index contributed by atoms with van der Waals surface area (Å²) < 4.78 is 10.8. The van der Waals surface area contributed by atoms with Gasteiger partial charge in [0.1, 0.15) is 0 Å². The van der Waals surface area contributed by atoms with Gasteiger partial charge in [0.2, 0.25) is 5.91 Å². The average molecular weight is 303 g/mol. The smallest absolute Gasteiger partial charge is 0.233 e. The molecule has 0 aromatic heterocycles. The summed E-state index contributed by atoms with van der Waals surface area (Å²) in [7, 11) is 1.68. The van der Waals surface area contributed by atoms with Crippen LogP contribution in [0.15, 0.2) is 30.3 Å². The van der Waals surface area contributed by atoms with Crippen LogP contribution < -0.4 is 0 Å². The molecule has 2 fully saturated rings. The monoisotopic (exact) mass is 303 g/mol. The van der Waals surface area contributed by atoms with Crippen LogP contribution in [0.4, 0.5) is 0 Å². The summed E-state index contributed by atoms with van der Waals surface area (Å²) >= 11 is 0. The fraction of sp³-hybridized carbons (Fsp3) is 0.611. The molecule has 0 N–H and O–H groups in total. The van der Waals surface area contributed by atoms with Crippen molar-refractivity contribution < 1.29 is 14.3 Å². The van der Waals surface area contributed by atoms with Crippen molar-refractivity contribution in [1.29, 1.82) is 0 Å². The molecule has 4 heteroatoms. The van der Waals surface area contributed by atoms with Crippen LogP contribution in [0, 0.1) is 0 Å². The topological polar surface area (TPSA) is 38.8 Å². The Balaban J connectivity index is 1.54. The highest BCUT2D eigenvalue weighted by Crippen LogP contribution is 2.49. The lowest BCUT2D eigenvalue weighted by Gasteiger charge is -2.34. The van der Waals surface area contributed by atoms with Crippen LogP contribution in [-0.4, -0.2) is 50.3 Å². The maximum absolute atomic E-state index is 12.9. The zero-order valence-electron chi connectivity index (χ0n) is 13.3. The lowest BCUT2D eigenvalue weighted by molar-refractivity contribution is -0.136. The number of amides is 1. The van der Waals surface area contributed by atoms with Gasteiger partial charge in [-0.25, -0.2) is 0 Å². The van der Waals surface area contributed by atoms with E-state index in [1.807, 2.05) is 23.1 Å². The van der Waals surface area contributed by atoms with Crippen molar-refractivity contribution in [1.82, 2.24) is 4.90 Å². The fourth-order valence-electron chi connectivity index (χ4n) is 3.33. The molecule has 2 aliphatic rings. The third-order valence-electron chi connectivity index (χ3n) is 4.86. The molecule has 4 nitrogen and oxygen atoms in total. The second kappa shape index (κ2) is 6.80. The van der Waals surface area contributed by atoms with Gasteiger partial charge in [-0.15, -0.1) is 0 Å². The normalized spacial score (nSPS) is 20.9. The van der Waals surface area contributed by atoms with Crippen molar-refractivity contribution in [3.05, 3.63) is 35.9 Å². The Kier molecular flexibility index (Phi) is 4.79. The van der Waals surface area contributed by atoms with E-state index in [1.54, 1.807) is 7.11 Å². The highest BCUT2D eigenvalue weighted by molar-refractivity contribution is 5.91. The zero-order valence-corrected chi connectivity index (χ0v) is 13.3. The lowest BCUT2D eigenvalue weighted by atomic mass is 9.93. The van der Waals surface area contributed by atoms with Crippen LogP contribution in [0.25, 0.3) is 0 Å². The van der Waals surface area contributed by atoms with E-state index >= 15 is 0 Å². The number of carbonyl (C=O) groups is 1. The van der Waals surface area contributed by atoms with Gasteiger partial charge in [-0.1, -0.05) is 30.3 Å². The van der Waals surface area contributed by atoms with E-state index in [9.17, 15) is 4.79 Å². The van der Waals surface area contributed by atoms with Gasteiger partial charge < -0.3 is 14.4 Å². The van der Waals surface area contributed by atoms with Crippen LogP contribution in [0.2, 0.25) is 0 Å². The number of rotatable bonds is 6. The van der Waals surface area contributed by atoms with Crippen LogP contribution in [0.3, 0.4) is 0 Å². The highest BCUT2D eigenvalue weighted by atomic mass is 16.5. The van der Waals surface area contributed by atoms with Gasteiger partial charge in [-0.3, -0.25) is 4.79 Å². The van der Waals surface area contributed by atoms with E-state index in [1.165, 1.54) is 5.56 Å². The number of hydrogen-bond acceptors (Lipinski definition) is 3. The number of carbonyl (C=O) groups excluding carboxylic acids is 1. The Labute approximate surface area is 132 Å². The second-order valence-electron chi connectivity index (χ2n) is 6.30. The average Bonchev–Trinajstić information content (AvgIpc) is 3.38. The Morgan fingerprint density at radius 1 is 1.18 bits per heavy atom. The summed E-state index contributed by atoms with van der Waals surface area (Å²) in [6, 6.07) is 10.2. The molecule has 1 saturated heterocycles. The zero-order chi connectivity index (χ0) is 15.4. The van der Waals surface area contributed by atoms with E-state index in [0.29, 0.717) is 19.1 Å². The Bertz CT molecular complexity index is 490. The number of piperidine rings is 1. The largest absolute Gasteiger partial charge is 0.382 e. The van der Waals surface area contributed by atoms with Gasteiger partial charge in [0.25, 0.3) is 0 Å². The Morgan fingerprint density at radius 3 is 2.45 bits per heavy atom. The van der Waals surface area contributed by atoms with Crippen molar-refractivity contribution in [2.75, 3.05) is 33.4 Å². The summed E-state index contributed by atoms with van der Waals surface area (Å²) in [6.07, 6.45) is 4.10. The molecular weight excluding hydrogens is 278 g/mol. The van der Waals surface area contributed by atoms with Crippen molar-refractivity contribution in [3.63, 3.8) is 0 Å². The third-order valence-corrected chi connectivity index (χ3v) is 4.86. The van der Waals surface area contributed by atoms with E-state index in [-0.39, 0.29) is 11.5 Å².